The molecule has 0 bridgehead atoms. The minimum absolute atomic E-state index is 0.131. The highest BCUT2D eigenvalue weighted by Gasteiger charge is 2.38. The molecule has 1 unspecified atom stereocenters. The summed E-state index contributed by atoms with van der Waals surface area (Å²) in [4.78, 5) is 12.1. The van der Waals surface area contributed by atoms with Crippen LogP contribution in [0.5, 0.6) is 0 Å². The molecule has 0 N–H and O–H groups in total. The Morgan fingerprint density at radius 3 is 1.44 bits per heavy atom. The van der Waals surface area contributed by atoms with Crippen molar-refractivity contribution in [2.45, 2.75) is 95.7 Å². The average Bonchev–Trinajstić information content (AvgIpc) is 3.06. The number of hydrogen-bond donors (Lipinski definition) is 0. The molecule has 0 heterocycles. The molecule has 43 heavy (non-hydrogen) atoms. The summed E-state index contributed by atoms with van der Waals surface area (Å²) >= 11 is 0. The molecule has 0 aliphatic carbocycles. The van der Waals surface area contributed by atoms with Crippen molar-refractivity contribution < 1.29 is 23.7 Å². The van der Waals surface area contributed by atoms with Crippen molar-refractivity contribution in [2.24, 2.45) is 0 Å². The van der Waals surface area contributed by atoms with Crippen LogP contribution in [-0.4, -0.2) is 39.2 Å². The molecule has 0 aliphatic rings. The third-order valence-electron chi connectivity index (χ3n) is 7.90. The van der Waals surface area contributed by atoms with E-state index in [1.54, 1.807) is 0 Å². The van der Waals surface area contributed by atoms with Crippen molar-refractivity contribution in [3.8, 4) is 0 Å². The van der Waals surface area contributed by atoms with Gasteiger partial charge in [0.15, 0.2) is 6.10 Å². The lowest BCUT2D eigenvalue weighted by molar-refractivity contribution is -0.0795. The van der Waals surface area contributed by atoms with E-state index in [4.69, 9.17) is 18.9 Å². The predicted octanol–water partition coefficient (Wildman–Crippen LogP) is 9.86. The van der Waals surface area contributed by atoms with Crippen molar-refractivity contribution in [1.29, 1.82) is 0 Å². The maximum atomic E-state index is 12.1. The van der Waals surface area contributed by atoms with Crippen LogP contribution in [0.25, 0.3) is 0 Å². The molecule has 1 atom stereocenters. The lowest BCUT2D eigenvalue weighted by atomic mass is 9.80. The second kappa shape index (κ2) is 20.7. The van der Waals surface area contributed by atoms with E-state index in [1.807, 2.05) is 54.6 Å². The first-order chi connectivity index (χ1) is 21.2. The lowest BCUT2D eigenvalue weighted by Gasteiger charge is -2.37. The summed E-state index contributed by atoms with van der Waals surface area (Å²) in [5, 5.41) is 0. The Kier molecular flexibility index (Phi) is 16.5. The number of benzene rings is 3. The van der Waals surface area contributed by atoms with Crippen molar-refractivity contribution in [1.82, 2.24) is 0 Å². The Morgan fingerprint density at radius 2 is 1.02 bits per heavy atom. The molecule has 3 aromatic rings. The summed E-state index contributed by atoms with van der Waals surface area (Å²) in [6, 6.07) is 30.5. The monoisotopic (exact) mass is 588 g/mol. The number of methoxy groups -OCH3 is 1. The van der Waals surface area contributed by atoms with Crippen LogP contribution in [0.1, 0.15) is 101 Å². The largest absolute Gasteiger partial charge is 0.508 e. The number of ether oxygens (including phenoxy) is 4. The van der Waals surface area contributed by atoms with Crippen molar-refractivity contribution in [3.05, 3.63) is 108 Å². The van der Waals surface area contributed by atoms with Crippen LogP contribution < -0.4 is 0 Å². The van der Waals surface area contributed by atoms with Gasteiger partial charge in [0.1, 0.15) is 5.60 Å². The second-order valence-electron chi connectivity index (χ2n) is 11.2. The van der Waals surface area contributed by atoms with E-state index in [9.17, 15) is 4.79 Å². The van der Waals surface area contributed by atoms with E-state index in [0.717, 1.165) is 29.5 Å². The maximum Gasteiger partial charge on any atom is 0.508 e. The fourth-order valence-electron chi connectivity index (χ4n) is 5.55. The second-order valence-corrected chi connectivity index (χ2v) is 11.2. The van der Waals surface area contributed by atoms with Crippen LogP contribution >= 0.6 is 0 Å². The first-order valence-electron chi connectivity index (χ1n) is 16.3. The number of carbonyl (C=O) groups is 1. The molecule has 0 saturated carbocycles. The van der Waals surface area contributed by atoms with Gasteiger partial charge in [0.25, 0.3) is 0 Å². The molecule has 0 fully saturated rings. The van der Waals surface area contributed by atoms with E-state index < -0.39 is 17.9 Å². The number of rotatable bonds is 22. The molecular weight excluding hydrogens is 536 g/mol. The fraction of sp³-hybridized carbons (Fsp3) is 0.500. The zero-order valence-corrected chi connectivity index (χ0v) is 26.4. The van der Waals surface area contributed by atoms with Gasteiger partial charge in [-0.1, -0.05) is 169 Å². The Balaban J connectivity index is 1.55. The minimum atomic E-state index is -0.906. The van der Waals surface area contributed by atoms with Crippen molar-refractivity contribution in [3.63, 3.8) is 0 Å². The molecule has 0 aromatic heterocycles. The fourth-order valence-corrected chi connectivity index (χ4v) is 5.55. The van der Waals surface area contributed by atoms with Crippen LogP contribution in [0.4, 0.5) is 4.79 Å². The van der Waals surface area contributed by atoms with Crippen LogP contribution in [-0.2, 0) is 24.5 Å². The average molecular weight is 589 g/mol. The van der Waals surface area contributed by atoms with E-state index >= 15 is 0 Å². The van der Waals surface area contributed by atoms with Crippen LogP contribution in [0.15, 0.2) is 91.0 Å². The van der Waals surface area contributed by atoms with Gasteiger partial charge in [0.2, 0.25) is 0 Å². The van der Waals surface area contributed by atoms with Crippen molar-refractivity contribution in [2.75, 3.05) is 26.9 Å². The molecule has 0 amide bonds. The molecule has 0 aliphatic heterocycles. The van der Waals surface area contributed by atoms with Gasteiger partial charge in [0.05, 0.1) is 20.3 Å². The Hall–Kier alpha value is -3.15. The normalized spacial score (nSPS) is 12.1. The molecule has 0 spiro atoms. The predicted molar refractivity (Wildman–Crippen MR) is 174 cm³/mol. The van der Waals surface area contributed by atoms with Gasteiger partial charge in [-0.05, 0) is 23.1 Å². The van der Waals surface area contributed by atoms with E-state index in [2.05, 4.69) is 43.3 Å². The number of hydrogen-bond acceptors (Lipinski definition) is 5. The summed E-state index contributed by atoms with van der Waals surface area (Å²) < 4.78 is 23.3. The molecule has 5 heteroatoms. The zero-order chi connectivity index (χ0) is 30.4. The molecule has 234 valence electrons. The van der Waals surface area contributed by atoms with Gasteiger partial charge in [-0.25, -0.2) is 4.79 Å². The SMILES string of the molecule is CCCCCCCCCCCCCCOCC(COC(c1ccccc1)(c1ccccc1)c1ccccc1)OC(=O)OC. The van der Waals surface area contributed by atoms with Gasteiger partial charge in [-0.3, -0.25) is 0 Å². The van der Waals surface area contributed by atoms with Crippen molar-refractivity contribution >= 4 is 6.16 Å². The van der Waals surface area contributed by atoms with Crippen LogP contribution in [0.3, 0.4) is 0 Å². The topological polar surface area (TPSA) is 54.0 Å². The molecule has 0 saturated heterocycles. The minimum Gasteiger partial charge on any atom is -0.438 e. The molecule has 0 radical (unpaired) electrons. The standard InChI is InChI=1S/C38H52O5/c1-3-4-5-6-7-8-9-10-11-12-13-23-30-41-31-36(43-37(39)40-2)32-42-38(33-24-17-14-18-25-33,34-26-19-15-20-27-34)35-28-21-16-22-29-35/h14-22,24-29,36H,3-13,23,30-32H2,1-2H3. The zero-order valence-electron chi connectivity index (χ0n) is 26.4. The highest BCUT2D eigenvalue weighted by molar-refractivity contribution is 5.59. The van der Waals surface area contributed by atoms with E-state index in [1.165, 1.54) is 71.3 Å². The van der Waals surface area contributed by atoms with Gasteiger partial charge < -0.3 is 18.9 Å². The third kappa shape index (κ3) is 11.8. The van der Waals surface area contributed by atoms with Crippen LogP contribution in [0.2, 0.25) is 0 Å². The summed E-state index contributed by atoms with van der Waals surface area (Å²) in [5.74, 6) is 0. The highest BCUT2D eigenvalue weighted by atomic mass is 16.7. The summed E-state index contributed by atoms with van der Waals surface area (Å²) in [5.41, 5.74) is 2.06. The lowest BCUT2D eigenvalue weighted by Crippen LogP contribution is -2.38. The first-order valence-corrected chi connectivity index (χ1v) is 16.3. The van der Waals surface area contributed by atoms with Gasteiger partial charge in [-0.15, -0.1) is 0 Å². The van der Waals surface area contributed by atoms with Gasteiger partial charge in [-0.2, -0.15) is 0 Å². The molecular formula is C38H52O5. The van der Waals surface area contributed by atoms with Gasteiger partial charge in [0, 0.05) is 6.61 Å². The summed E-state index contributed by atoms with van der Waals surface area (Å²) in [7, 11) is 1.32. The van der Waals surface area contributed by atoms with Crippen LogP contribution in [0, 0.1) is 0 Å². The molecule has 3 aromatic carbocycles. The molecule has 5 nitrogen and oxygen atoms in total. The molecule has 3 rings (SSSR count). The smallest absolute Gasteiger partial charge is 0.438 e. The third-order valence-corrected chi connectivity index (χ3v) is 7.90. The van der Waals surface area contributed by atoms with E-state index in [-0.39, 0.29) is 13.2 Å². The summed E-state index contributed by atoms with van der Waals surface area (Å²) in [6.45, 7) is 3.26. The highest BCUT2D eigenvalue weighted by Crippen LogP contribution is 2.40. The van der Waals surface area contributed by atoms with Gasteiger partial charge >= 0.3 is 6.16 Å². The number of carbonyl (C=O) groups excluding carboxylic acids is 1. The quantitative estimate of drug-likeness (QED) is 0.0664. The maximum absolute atomic E-state index is 12.1. The number of unbranched alkanes of at least 4 members (excludes halogenated alkanes) is 11. The first kappa shape index (κ1) is 34.3. The van der Waals surface area contributed by atoms with E-state index in [0.29, 0.717) is 6.61 Å². The Bertz CT molecular complexity index is 1010. The summed E-state index contributed by atoms with van der Waals surface area (Å²) in [6.07, 6.45) is 14.2. The Labute approximate surface area is 259 Å². The Morgan fingerprint density at radius 1 is 0.605 bits per heavy atom.